The number of hydrogen-bond donors (Lipinski definition) is 0. The molecule has 0 bridgehead atoms. The Morgan fingerprint density at radius 3 is 2.37 bits per heavy atom. The average molecular weight is 344 g/mol. The van der Waals surface area contributed by atoms with Crippen LogP contribution in [0.25, 0.3) is 0 Å². The van der Waals surface area contributed by atoms with Crippen molar-refractivity contribution < 1.29 is 14.2 Å². The van der Waals surface area contributed by atoms with Gasteiger partial charge in [0, 0.05) is 11.5 Å². The molecule has 2 aromatic rings. The fraction of sp³-hybridized carbons (Fsp3) is 0.308. The minimum absolute atomic E-state index is 0.449. The first-order valence-electron chi connectivity index (χ1n) is 5.59. The molecule has 0 amide bonds. The van der Waals surface area contributed by atoms with Gasteiger partial charge < -0.3 is 14.2 Å². The molecule has 0 N–H and O–H groups in total. The summed E-state index contributed by atoms with van der Waals surface area (Å²) >= 11 is 4.97. The van der Waals surface area contributed by atoms with Crippen molar-refractivity contribution in [1.29, 1.82) is 0 Å². The summed E-state index contributed by atoms with van der Waals surface area (Å²) in [7, 11) is 3.23. The molecule has 1 aromatic heterocycles. The highest BCUT2D eigenvalue weighted by Crippen LogP contribution is 2.39. The maximum absolute atomic E-state index is 5.80. The predicted molar refractivity (Wildman–Crippen MR) is 78.6 cm³/mol. The van der Waals surface area contributed by atoms with E-state index < -0.39 is 0 Å². The molecule has 0 aliphatic heterocycles. The first-order chi connectivity index (χ1) is 9.28. The van der Waals surface area contributed by atoms with E-state index in [2.05, 4.69) is 20.9 Å². The van der Waals surface area contributed by atoms with Crippen LogP contribution in [0.1, 0.15) is 10.4 Å². The SMILES string of the molecule is COc1cc(CBr)cc(OC)c1OCc1cncs1. The number of aromatic nitrogens is 1. The minimum atomic E-state index is 0.449. The smallest absolute Gasteiger partial charge is 0.203 e. The van der Waals surface area contributed by atoms with Gasteiger partial charge in [-0.1, -0.05) is 15.9 Å². The van der Waals surface area contributed by atoms with Gasteiger partial charge in [-0.25, -0.2) is 0 Å². The van der Waals surface area contributed by atoms with Crippen molar-refractivity contribution in [2.75, 3.05) is 14.2 Å². The molecule has 0 saturated carbocycles. The zero-order chi connectivity index (χ0) is 13.7. The van der Waals surface area contributed by atoms with Crippen LogP contribution < -0.4 is 14.2 Å². The first-order valence-corrected chi connectivity index (χ1v) is 7.59. The summed E-state index contributed by atoms with van der Waals surface area (Å²) in [5, 5.41) is 0.731. The van der Waals surface area contributed by atoms with Crippen molar-refractivity contribution in [3.05, 3.63) is 34.3 Å². The number of rotatable bonds is 6. The molecule has 0 fully saturated rings. The second-order valence-corrected chi connectivity index (χ2v) is 5.25. The molecular weight excluding hydrogens is 330 g/mol. The van der Waals surface area contributed by atoms with Crippen LogP contribution in [-0.2, 0) is 11.9 Å². The number of benzene rings is 1. The molecule has 102 valence electrons. The van der Waals surface area contributed by atoms with Crippen LogP contribution in [0.4, 0.5) is 0 Å². The molecule has 0 unspecified atom stereocenters. The van der Waals surface area contributed by atoms with Gasteiger partial charge >= 0.3 is 0 Å². The lowest BCUT2D eigenvalue weighted by molar-refractivity contribution is 0.268. The van der Waals surface area contributed by atoms with Gasteiger partial charge in [0.1, 0.15) is 6.61 Å². The van der Waals surface area contributed by atoms with E-state index in [-0.39, 0.29) is 0 Å². The summed E-state index contributed by atoms with van der Waals surface area (Å²) in [6, 6.07) is 3.86. The van der Waals surface area contributed by atoms with Crippen molar-refractivity contribution in [3.8, 4) is 17.2 Å². The van der Waals surface area contributed by atoms with E-state index in [0.717, 1.165) is 15.8 Å². The van der Waals surface area contributed by atoms with Crippen molar-refractivity contribution >= 4 is 27.3 Å². The summed E-state index contributed by atoms with van der Waals surface area (Å²) in [6.07, 6.45) is 1.79. The summed E-state index contributed by atoms with van der Waals surface area (Å²) in [5.74, 6) is 1.94. The number of methoxy groups -OCH3 is 2. The fourth-order valence-electron chi connectivity index (χ4n) is 1.61. The van der Waals surface area contributed by atoms with Crippen molar-refractivity contribution in [2.45, 2.75) is 11.9 Å². The molecule has 0 spiro atoms. The van der Waals surface area contributed by atoms with Crippen LogP contribution in [0.15, 0.2) is 23.8 Å². The molecule has 0 atom stereocenters. The number of ether oxygens (including phenoxy) is 3. The fourth-order valence-corrected chi connectivity index (χ4v) is 2.44. The molecule has 4 nitrogen and oxygen atoms in total. The van der Waals surface area contributed by atoms with Gasteiger partial charge in [0.2, 0.25) is 5.75 Å². The van der Waals surface area contributed by atoms with Crippen molar-refractivity contribution in [2.24, 2.45) is 0 Å². The average Bonchev–Trinajstić information content (AvgIpc) is 2.97. The number of alkyl halides is 1. The Morgan fingerprint density at radius 1 is 1.21 bits per heavy atom. The second kappa shape index (κ2) is 6.77. The minimum Gasteiger partial charge on any atom is -0.493 e. The van der Waals surface area contributed by atoms with Gasteiger partial charge in [-0.2, -0.15) is 0 Å². The molecule has 0 aliphatic rings. The van der Waals surface area contributed by atoms with Gasteiger partial charge in [0.15, 0.2) is 11.5 Å². The highest BCUT2D eigenvalue weighted by molar-refractivity contribution is 9.08. The molecular formula is C13H14BrNO3S. The van der Waals surface area contributed by atoms with Crippen molar-refractivity contribution in [3.63, 3.8) is 0 Å². The third kappa shape index (κ3) is 3.39. The maximum atomic E-state index is 5.80. The number of hydrogen-bond acceptors (Lipinski definition) is 5. The van der Waals surface area contributed by atoms with Gasteiger partial charge in [0.25, 0.3) is 0 Å². The van der Waals surface area contributed by atoms with E-state index in [1.807, 2.05) is 12.1 Å². The normalized spacial score (nSPS) is 10.3. The topological polar surface area (TPSA) is 40.6 Å². The molecule has 2 rings (SSSR count). The van der Waals surface area contributed by atoms with Gasteiger partial charge in [-0.3, -0.25) is 4.98 Å². The monoisotopic (exact) mass is 343 g/mol. The Kier molecular flexibility index (Phi) is 5.04. The lowest BCUT2D eigenvalue weighted by Crippen LogP contribution is -2.00. The van der Waals surface area contributed by atoms with E-state index in [1.165, 1.54) is 0 Å². The van der Waals surface area contributed by atoms with Crippen LogP contribution in [0.3, 0.4) is 0 Å². The Balaban J connectivity index is 2.26. The molecule has 1 aromatic carbocycles. The van der Waals surface area contributed by atoms with Crippen molar-refractivity contribution in [1.82, 2.24) is 4.98 Å². The van der Waals surface area contributed by atoms with Gasteiger partial charge in [-0.05, 0) is 17.7 Å². The quantitative estimate of drug-likeness (QED) is 0.751. The summed E-state index contributed by atoms with van der Waals surface area (Å²) in [5.41, 5.74) is 2.85. The summed E-state index contributed by atoms with van der Waals surface area (Å²) < 4.78 is 16.5. The zero-order valence-electron chi connectivity index (χ0n) is 10.7. The molecule has 1 heterocycles. The highest BCUT2D eigenvalue weighted by atomic mass is 79.9. The molecule has 6 heteroatoms. The summed E-state index contributed by atoms with van der Waals surface area (Å²) in [6.45, 7) is 0.449. The van der Waals surface area contributed by atoms with Gasteiger partial charge in [-0.15, -0.1) is 11.3 Å². The number of thiazole rings is 1. The standard InChI is InChI=1S/C13H14BrNO3S/c1-16-11-3-9(5-14)4-12(17-2)13(11)18-7-10-6-15-8-19-10/h3-4,6,8H,5,7H2,1-2H3. The summed E-state index contributed by atoms with van der Waals surface area (Å²) in [4.78, 5) is 5.07. The van der Waals surface area contributed by atoms with E-state index in [0.29, 0.717) is 23.9 Å². The van der Waals surface area contributed by atoms with Crippen LogP contribution in [0.2, 0.25) is 0 Å². The van der Waals surface area contributed by atoms with Gasteiger partial charge in [0.05, 0.1) is 24.6 Å². The Bertz CT molecular complexity index is 506. The number of halogens is 1. The zero-order valence-corrected chi connectivity index (χ0v) is 13.1. The lowest BCUT2D eigenvalue weighted by atomic mass is 10.2. The second-order valence-electron chi connectivity index (χ2n) is 3.72. The Morgan fingerprint density at radius 2 is 1.89 bits per heavy atom. The number of nitrogens with zero attached hydrogens (tertiary/aromatic N) is 1. The van der Waals surface area contributed by atoms with E-state index in [1.54, 1.807) is 37.3 Å². The molecule has 0 aliphatic carbocycles. The molecule has 0 radical (unpaired) electrons. The first kappa shape index (κ1) is 14.1. The van der Waals surface area contributed by atoms with E-state index >= 15 is 0 Å². The lowest BCUT2D eigenvalue weighted by Gasteiger charge is -2.15. The van der Waals surface area contributed by atoms with Crippen LogP contribution >= 0.6 is 27.3 Å². The third-order valence-electron chi connectivity index (χ3n) is 2.52. The Labute approximate surface area is 124 Å². The maximum Gasteiger partial charge on any atom is 0.203 e. The van der Waals surface area contributed by atoms with Crippen LogP contribution in [-0.4, -0.2) is 19.2 Å². The highest BCUT2D eigenvalue weighted by Gasteiger charge is 2.14. The Hall–Kier alpha value is -1.27. The van der Waals surface area contributed by atoms with E-state index in [9.17, 15) is 0 Å². The largest absolute Gasteiger partial charge is 0.493 e. The van der Waals surface area contributed by atoms with Crippen LogP contribution in [0.5, 0.6) is 17.2 Å². The molecule has 19 heavy (non-hydrogen) atoms. The predicted octanol–water partition coefficient (Wildman–Crippen LogP) is 3.63. The molecule has 0 saturated heterocycles. The van der Waals surface area contributed by atoms with E-state index in [4.69, 9.17) is 14.2 Å². The van der Waals surface area contributed by atoms with Crippen LogP contribution in [0, 0.1) is 0 Å². The third-order valence-corrected chi connectivity index (χ3v) is 3.92.